The van der Waals surface area contributed by atoms with Gasteiger partial charge in [0.2, 0.25) is 0 Å². The molecular weight excluding hydrogens is 264 g/mol. The van der Waals surface area contributed by atoms with Gasteiger partial charge in [0.15, 0.2) is 0 Å². The fourth-order valence-corrected chi connectivity index (χ4v) is 1.79. The number of anilines is 1. The van der Waals surface area contributed by atoms with Gasteiger partial charge in [-0.25, -0.2) is 4.68 Å². The van der Waals surface area contributed by atoms with Crippen molar-refractivity contribution < 1.29 is 0 Å². The molecule has 5 nitrogen and oxygen atoms in total. The molecule has 0 aromatic carbocycles. The number of hydrogen-bond acceptors (Lipinski definition) is 4. The van der Waals surface area contributed by atoms with Gasteiger partial charge in [0, 0.05) is 25.0 Å². The second-order valence-corrected chi connectivity index (χ2v) is 4.54. The second-order valence-electron chi connectivity index (χ2n) is 4.13. The third-order valence-electron chi connectivity index (χ3n) is 2.63. The minimum atomic E-state index is -0.158. The highest BCUT2D eigenvalue weighted by Crippen LogP contribution is 2.13. The molecule has 0 bridgehead atoms. The average molecular weight is 279 g/mol. The summed E-state index contributed by atoms with van der Waals surface area (Å²) in [4.78, 5) is 15.8. The Morgan fingerprint density at radius 2 is 2.26 bits per heavy atom. The highest BCUT2D eigenvalue weighted by atomic mass is 35.5. The molecule has 0 saturated heterocycles. The van der Waals surface area contributed by atoms with Crippen LogP contribution in [0.3, 0.4) is 0 Å². The predicted octanol–water partition coefficient (Wildman–Crippen LogP) is 2.16. The Morgan fingerprint density at radius 1 is 1.42 bits per heavy atom. The van der Waals surface area contributed by atoms with E-state index < -0.39 is 0 Å². The molecule has 6 heteroatoms. The molecule has 2 aromatic heterocycles. The molecule has 1 N–H and O–H groups in total. The van der Waals surface area contributed by atoms with Crippen LogP contribution in [0.1, 0.15) is 18.9 Å². The zero-order chi connectivity index (χ0) is 13.7. The first kappa shape index (κ1) is 13.5. The van der Waals surface area contributed by atoms with Crippen LogP contribution in [0.25, 0.3) is 0 Å². The lowest BCUT2D eigenvalue weighted by molar-refractivity contribution is 0.639. The number of aromatic nitrogens is 3. The van der Waals surface area contributed by atoms with Gasteiger partial charge in [-0.2, -0.15) is 5.10 Å². The maximum absolute atomic E-state index is 11.9. The molecule has 100 valence electrons. The number of hydrogen-bond donors (Lipinski definition) is 1. The van der Waals surface area contributed by atoms with E-state index in [0.29, 0.717) is 11.6 Å². The Morgan fingerprint density at radius 3 is 2.95 bits per heavy atom. The summed E-state index contributed by atoms with van der Waals surface area (Å²) in [5.41, 5.74) is 1.40. The number of nitrogens with zero attached hydrogens (tertiary/aromatic N) is 3. The summed E-state index contributed by atoms with van der Waals surface area (Å²) in [6.45, 7) is 3.22. The zero-order valence-electron chi connectivity index (χ0n) is 10.6. The van der Waals surface area contributed by atoms with E-state index in [9.17, 15) is 4.79 Å². The van der Waals surface area contributed by atoms with Gasteiger partial charge in [0.1, 0.15) is 0 Å². The lowest BCUT2D eigenvalue weighted by Gasteiger charge is -2.08. The van der Waals surface area contributed by atoms with Gasteiger partial charge in [-0.1, -0.05) is 18.5 Å². The Labute approximate surface area is 116 Å². The summed E-state index contributed by atoms with van der Waals surface area (Å²) in [6, 6.07) is 3.32. The van der Waals surface area contributed by atoms with E-state index in [1.165, 1.54) is 10.7 Å². The van der Waals surface area contributed by atoms with Crippen LogP contribution in [0.5, 0.6) is 0 Å². The molecule has 0 saturated carbocycles. The normalized spacial score (nSPS) is 10.4. The van der Waals surface area contributed by atoms with Crippen molar-refractivity contribution in [1.29, 1.82) is 0 Å². The van der Waals surface area contributed by atoms with Crippen molar-refractivity contribution in [2.75, 3.05) is 11.9 Å². The summed E-state index contributed by atoms with van der Waals surface area (Å²) >= 11 is 6.01. The minimum Gasteiger partial charge on any atom is -0.384 e. The van der Waals surface area contributed by atoms with Gasteiger partial charge < -0.3 is 5.32 Å². The van der Waals surface area contributed by atoms with E-state index in [4.69, 9.17) is 11.6 Å². The van der Waals surface area contributed by atoms with Crippen LogP contribution >= 0.6 is 11.6 Å². The molecule has 0 fully saturated rings. The Hall–Kier alpha value is -1.88. The molecule has 0 radical (unpaired) electrons. The first-order valence-corrected chi connectivity index (χ1v) is 6.48. The Bertz CT molecular complexity index is 612. The van der Waals surface area contributed by atoms with Gasteiger partial charge in [-0.15, -0.1) is 0 Å². The van der Waals surface area contributed by atoms with E-state index in [0.717, 1.165) is 24.2 Å². The quantitative estimate of drug-likeness (QED) is 0.910. The van der Waals surface area contributed by atoms with E-state index in [1.807, 2.05) is 0 Å². The average Bonchev–Trinajstić information content (AvgIpc) is 2.41. The number of rotatable bonds is 5. The molecular formula is C13H15ClN4O. The molecule has 0 aliphatic heterocycles. The lowest BCUT2D eigenvalue weighted by atomic mass is 10.3. The van der Waals surface area contributed by atoms with Gasteiger partial charge in [-0.3, -0.25) is 9.78 Å². The smallest absolute Gasteiger partial charge is 0.269 e. The van der Waals surface area contributed by atoms with Crippen molar-refractivity contribution in [3.05, 3.63) is 51.7 Å². The van der Waals surface area contributed by atoms with Crippen molar-refractivity contribution in [1.82, 2.24) is 14.8 Å². The standard InChI is InChI=1S/C13H15ClN4O/c1-2-4-16-11-6-13(19)18(17-7-11)9-10-3-5-15-8-12(10)14/h3,5-8,16H,2,4,9H2,1H3. The van der Waals surface area contributed by atoms with Crippen molar-refractivity contribution in [3.8, 4) is 0 Å². The number of pyridine rings is 1. The fourth-order valence-electron chi connectivity index (χ4n) is 1.61. The summed E-state index contributed by atoms with van der Waals surface area (Å²) in [7, 11) is 0. The van der Waals surface area contributed by atoms with Crippen LogP contribution in [0.2, 0.25) is 5.02 Å². The van der Waals surface area contributed by atoms with E-state index in [2.05, 4.69) is 22.3 Å². The molecule has 0 aliphatic rings. The van der Waals surface area contributed by atoms with Crippen LogP contribution in [0.4, 0.5) is 5.69 Å². The monoisotopic (exact) mass is 278 g/mol. The Kier molecular flexibility index (Phi) is 4.52. The molecule has 0 unspecified atom stereocenters. The summed E-state index contributed by atoms with van der Waals surface area (Å²) in [5.74, 6) is 0. The van der Waals surface area contributed by atoms with E-state index in [1.54, 1.807) is 24.7 Å². The minimum absolute atomic E-state index is 0.158. The van der Waals surface area contributed by atoms with Gasteiger partial charge in [0.25, 0.3) is 5.56 Å². The van der Waals surface area contributed by atoms with Crippen LogP contribution < -0.4 is 10.9 Å². The van der Waals surface area contributed by atoms with Gasteiger partial charge >= 0.3 is 0 Å². The van der Waals surface area contributed by atoms with Crippen molar-refractivity contribution >= 4 is 17.3 Å². The molecule has 2 aromatic rings. The third kappa shape index (κ3) is 3.54. The predicted molar refractivity (Wildman–Crippen MR) is 75.6 cm³/mol. The first-order valence-electron chi connectivity index (χ1n) is 6.10. The lowest BCUT2D eigenvalue weighted by Crippen LogP contribution is -2.23. The Balaban J connectivity index is 2.18. The summed E-state index contributed by atoms with van der Waals surface area (Å²) in [6.07, 6.45) is 5.84. The van der Waals surface area contributed by atoms with Crippen LogP contribution in [0, 0.1) is 0 Å². The molecule has 0 spiro atoms. The van der Waals surface area contributed by atoms with Crippen LogP contribution in [0.15, 0.2) is 35.5 Å². The molecule has 0 atom stereocenters. The highest BCUT2D eigenvalue weighted by Gasteiger charge is 2.04. The van der Waals surface area contributed by atoms with Gasteiger partial charge in [0.05, 0.1) is 23.5 Å². The number of halogens is 1. The number of nitrogens with one attached hydrogen (secondary N) is 1. The first-order chi connectivity index (χ1) is 9.20. The maximum Gasteiger partial charge on any atom is 0.269 e. The zero-order valence-corrected chi connectivity index (χ0v) is 11.4. The van der Waals surface area contributed by atoms with Crippen LogP contribution in [-0.2, 0) is 6.54 Å². The second kappa shape index (κ2) is 6.33. The third-order valence-corrected chi connectivity index (χ3v) is 2.97. The molecule has 2 heterocycles. The largest absolute Gasteiger partial charge is 0.384 e. The summed E-state index contributed by atoms with van der Waals surface area (Å²) < 4.78 is 1.37. The van der Waals surface area contributed by atoms with Crippen molar-refractivity contribution in [2.24, 2.45) is 0 Å². The SMILES string of the molecule is CCCNc1cnn(Cc2ccncc2Cl)c(=O)c1. The molecule has 19 heavy (non-hydrogen) atoms. The molecule has 0 amide bonds. The fraction of sp³-hybridized carbons (Fsp3) is 0.308. The highest BCUT2D eigenvalue weighted by molar-refractivity contribution is 6.31. The molecule has 2 rings (SSSR count). The van der Waals surface area contributed by atoms with Gasteiger partial charge in [-0.05, 0) is 18.1 Å². The van der Waals surface area contributed by atoms with Crippen molar-refractivity contribution in [3.63, 3.8) is 0 Å². The van der Waals surface area contributed by atoms with E-state index in [-0.39, 0.29) is 5.56 Å². The molecule has 0 aliphatic carbocycles. The topological polar surface area (TPSA) is 59.8 Å². The summed E-state index contributed by atoms with van der Waals surface area (Å²) in [5, 5.41) is 7.79. The van der Waals surface area contributed by atoms with Crippen LogP contribution in [-0.4, -0.2) is 21.3 Å². The van der Waals surface area contributed by atoms with Crippen molar-refractivity contribution in [2.45, 2.75) is 19.9 Å². The maximum atomic E-state index is 11.9. The van der Waals surface area contributed by atoms with E-state index >= 15 is 0 Å².